The van der Waals surface area contributed by atoms with Crippen molar-refractivity contribution in [1.29, 1.82) is 0 Å². The highest BCUT2D eigenvalue weighted by Gasteiger charge is 2.66. The molecule has 4 aliphatic rings. The van der Waals surface area contributed by atoms with Crippen molar-refractivity contribution < 1.29 is 5.11 Å². The van der Waals surface area contributed by atoms with E-state index in [4.69, 9.17) is 23.2 Å². The van der Waals surface area contributed by atoms with Crippen LogP contribution in [0.5, 0.6) is 0 Å². The second kappa shape index (κ2) is 5.77. The van der Waals surface area contributed by atoms with Gasteiger partial charge in [0.05, 0.1) is 16.4 Å². The van der Waals surface area contributed by atoms with E-state index >= 15 is 0 Å². The summed E-state index contributed by atoms with van der Waals surface area (Å²) < 4.78 is 0. The molecule has 0 saturated heterocycles. The maximum Gasteiger partial charge on any atom is 0.0690 e. The Morgan fingerprint density at radius 3 is 2.50 bits per heavy atom. The fourth-order valence-electron chi connectivity index (χ4n) is 7.94. The van der Waals surface area contributed by atoms with Crippen molar-refractivity contribution in [1.82, 2.24) is 0 Å². The van der Waals surface area contributed by atoms with E-state index in [2.05, 4.69) is 20.8 Å². The Balaban J connectivity index is 1.69. The molecule has 138 valence electrons. The Labute approximate surface area is 157 Å². The lowest BCUT2D eigenvalue weighted by atomic mass is 9.44. The van der Waals surface area contributed by atoms with Crippen LogP contribution in [0.1, 0.15) is 78.6 Å². The molecule has 4 rings (SSSR count). The van der Waals surface area contributed by atoms with Crippen molar-refractivity contribution in [2.45, 2.75) is 94.9 Å². The molecular formula is C21H34Cl2O. The van der Waals surface area contributed by atoms with E-state index in [9.17, 15) is 5.11 Å². The number of aliphatic hydroxyl groups excluding tert-OH is 1. The minimum Gasteiger partial charge on any atom is -0.393 e. The van der Waals surface area contributed by atoms with Crippen molar-refractivity contribution in [2.24, 2.45) is 34.5 Å². The first kappa shape index (κ1) is 17.9. The van der Waals surface area contributed by atoms with Gasteiger partial charge < -0.3 is 5.11 Å². The average Bonchev–Trinajstić information content (AvgIpc) is 2.87. The summed E-state index contributed by atoms with van der Waals surface area (Å²) in [5, 5.41) is 10.3. The zero-order valence-corrected chi connectivity index (χ0v) is 17.0. The summed E-state index contributed by atoms with van der Waals surface area (Å²) in [5.74, 6) is 3.19. The molecule has 1 nitrogen and oxygen atoms in total. The molecule has 4 fully saturated rings. The minimum atomic E-state index is -0.413. The Hall–Kier alpha value is 0.540. The SMILES string of the molecule is CC[C@H]1CC[C@H]2[C@@H]3C[C@@H](Cl)[C@@]4(Cl)C[C@@H](O)CC[C@]4(C)[C@H]3CC[C@]12C. The van der Waals surface area contributed by atoms with Gasteiger partial charge in [0.1, 0.15) is 0 Å². The van der Waals surface area contributed by atoms with Crippen molar-refractivity contribution in [3.05, 3.63) is 0 Å². The van der Waals surface area contributed by atoms with Crippen molar-refractivity contribution in [2.75, 3.05) is 0 Å². The van der Waals surface area contributed by atoms with E-state index in [0.29, 0.717) is 17.8 Å². The molecule has 0 spiro atoms. The van der Waals surface area contributed by atoms with Crippen LogP contribution in [0, 0.1) is 34.5 Å². The quantitative estimate of drug-likeness (QED) is 0.559. The number of rotatable bonds is 1. The summed E-state index contributed by atoms with van der Waals surface area (Å²) in [6.07, 6.45) is 10.3. The maximum atomic E-state index is 10.3. The Morgan fingerprint density at radius 2 is 1.79 bits per heavy atom. The van der Waals surface area contributed by atoms with Crippen LogP contribution in [0.3, 0.4) is 0 Å². The first-order chi connectivity index (χ1) is 11.3. The molecule has 0 amide bonds. The Kier molecular flexibility index (Phi) is 4.31. The number of fused-ring (bicyclic) bond motifs is 5. The van der Waals surface area contributed by atoms with Crippen molar-refractivity contribution in [3.8, 4) is 0 Å². The normalized spacial score (nSPS) is 60.2. The molecule has 4 saturated carbocycles. The third-order valence-electron chi connectivity index (χ3n) is 9.40. The van der Waals surface area contributed by atoms with E-state index in [-0.39, 0.29) is 16.9 Å². The molecule has 0 aliphatic heterocycles. The first-order valence-electron chi connectivity index (χ1n) is 10.3. The average molecular weight is 373 g/mol. The van der Waals surface area contributed by atoms with E-state index in [1.807, 2.05) is 0 Å². The van der Waals surface area contributed by atoms with Crippen LogP contribution < -0.4 is 0 Å². The fourth-order valence-corrected chi connectivity index (χ4v) is 8.99. The van der Waals surface area contributed by atoms with Gasteiger partial charge in [0.2, 0.25) is 0 Å². The van der Waals surface area contributed by atoms with Gasteiger partial charge in [-0.05, 0) is 85.9 Å². The van der Waals surface area contributed by atoms with Gasteiger partial charge >= 0.3 is 0 Å². The molecule has 0 unspecified atom stereocenters. The Morgan fingerprint density at radius 1 is 1.04 bits per heavy atom. The number of aliphatic hydroxyl groups is 1. The van der Waals surface area contributed by atoms with Crippen LogP contribution in [0.2, 0.25) is 0 Å². The molecule has 24 heavy (non-hydrogen) atoms. The summed E-state index contributed by atoms with van der Waals surface area (Å²) in [7, 11) is 0. The highest BCUT2D eigenvalue weighted by atomic mass is 35.5. The van der Waals surface area contributed by atoms with Gasteiger partial charge in [-0.25, -0.2) is 0 Å². The summed E-state index contributed by atoms with van der Waals surface area (Å²) in [4.78, 5) is -0.413. The zero-order valence-electron chi connectivity index (χ0n) is 15.5. The third kappa shape index (κ3) is 2.16. The molecule has 0 aromatic carbocycles. The molecule has 4 aliphatic carbocycles. The van der Waals surface area contributed by atoms with Gasteiger partial charge in [-0.3, -0.25) is 0 Å². The second-order valence-corrected chi connectivity index (χ2v) is 11.2. The van der Waals surface area contributed by atoms with E-state index in [0.717, 1.165) is 37.0 Å². The number of hydrogen-bond donors (Lipinski definition) is 1. The zero-order chi connectivity index (χ0) is 17.3. The van der Waals surface area contributed by atoms with Crippen LogP contribution >= 0.6 is 23.2 Å². The maximum absolute atomic E-state index is 10.3. The summed E-state index contributed by atoms with van der Waals surface area (Å²) in [5.41, 5.74) is 0.623. The lowest BCUT2D eigenvalue weighted by molar-refractivity contribution is -0.113. The van der Waals surface area contributed by atoms with Gasteiger partial charge in [0, 0.05) is 0 Å². The van der Waals surface area contributed by atoms with Gasteiger partial charge in [-0.15, -0.1) is 23.2 Å². The van der Waals surface area contributed by atoms with Gasteiger partial charge in [-0.2, -0.15) is 0 Å². The lowest BCUT2D eigenvalue weighted by Crippen LogP contribution is -2.64. The largest absolute Gasteiger partial charge is 0.393 e. The number of hydrogen-bond acceptors (Lipinski definition) is 1. The molecule has 0 heterocycles. The van der Waals surface area contributed by atoms with Gasteiger partial charge in [-0.1, -0.05) is 27.2 Å². The topological polar surface area (TPSA) is 20.2 Å². The molecular weight excluding hydrogens is 339 g/mol. The van der Waals surface area contributed by atoms with E-state index in [1.165, 1.54) is 32.1 Å². The highest BCUT2D eigenvalue weighted by molar-refractivity contribution is 6.33. The molecule has 0 bridgehead atoms. The molecule has 3 heteroatoms. The molecule has 0 aromatic rings. The van der Waals surface area contributed by atoms with Gasteiger partial charge in [0.25, 0.3) is 0 Å². The highest BCUT2D eigenvalue weighted by Crippen LogP contribution is 2.70. The predicted octanol–water partition coefficient (Wildman–Crippen LogP) is 5.99. The van der Waals surface area contributed by atoms with Crippen LogP contribution in [0.4, 0.5) is 0 Å². The molecule has 0 radical (unpaired) electrons. The first-order valence-corrected chi connectivity index (χ1v) is 11.1. The predicted molar refractivity (Wildman–Crippen MR) is 102 cm³/mol. The number of alkyl halides is 2. The summed E-state index contributed by atoms with van der Waals surface area (Å²) in [6, 6.07) is 0. The Bertz CT molecular complexity index is 510. The summed E-state index contributed by atoms with van der Waals surface area (Å²) in [6.45, 7) is 7.37. The van der Waals surface area contributed by atoms with Crippen LogP contribution in [0.25, 0.3) is 0 Å². The monoisotopic (exact) mass is 372 g/mol. The number of halogens is 2. The van der Waals surface area contributed by atoms with Gasteiger partial charge in [0.15, 0.2) is 0 Å². The van der Waals surface area contributed by atoms with E-state index < -0.39 is 4.87 Å². The second-order valence-electron chi connectivity index (χ2n) is 9.98. The minimum absolute atomic E-state index is 0.00314. The van der Waals surface area contributed by atoms with Crippen molar-refractivity contribution >= 4 is 23.2 Å². The van der Waals surface area contributed by atoms with Crippen LogP contribution in [-0.2, 0) is 0 Å². The molecule has 1 N–H and O–H groups in total. The molecule has 9 atom stereocenters. The van der Waals surface area contributed by atoms with E-state index in [1.54, 1.807) is 0 Å². The van der Waals surface area contributed by atoms with Crippen LogP contribution in [-0.4, -0.2) is 21.5 Å². The van der Waals surface area contributed by atoms with Crippen LogP contribution in [0.15, 0.2) is 0 Å². The lowest BCUT2D eigenvalue weighted by Gasteiger charge is -2.65. The molecule has 0 aromatic heterocycles. The van der Waals surface area contributed by atoms with Crippen molar-refractivity contribution in [3.63, 3.8) is 0 Å². The fraction of sp³-hybridized carbons (Fsp3) is 1.00. The standard InChI is InChI=1S/C21H34Cl2O/c1-4-13-5-6-16-15-11-18(22)21(23)12-14(24)7-10-20(21,3)17(15)8-9-19(13,16)2/h13-18,24H,4-12H2,1-3H3/t13-,14-,15-,16-,17-,18+,19+,20+,21-/m0/s1. The smallest absolute Gasteiger partial charge is 0.0690 e. The summed E-state index contributed by atoms with van der Waals surface area (Å²) >= 11 is 14.2. The third-order valence-corrected chi connectivity index (χ3v) is 10.9.